The highest BCUT2D eigenvalue weighted by atomic mass is 32.2. The van der Waals surface area contributed by atoms with Gasteiger partial charge in [0.2, 0.25) is 5.95 Å². The zero-order valence-electron chi connectivity index (χ0n) is 15.3. The molecule has 4 rings (SSSR count). The van der Waals surface area contributed by atoms with Crippen molar-refractivity contribution in [2.24, 2.45) is 0 Å². The SMILES string of the molecule is CS(=O)(=O)c1ccc(Nc2ncc3cnn(CCc4ccccc4)c3n2)cc1. The van der Waals surface area contributed by atoms with Crippen LogP contribution < -0.4 is 5.32 Å². The number of hydrogen-bond acceptors (Lipinski definition) is 6. The van der Waals surface area contributed by atoms with E-state index in [1.54, 1.807) is 36.7 Å². The van der Waals surface area contributed by atoms with E-state index in [4.69, 9.17) is 0 Å². The summed E-state index contributed by atoms with van der Waals surface area (Å²) >= 11 is 0. The number of fused-ring (bicyclic) bond motifs is 1. The number of nitrogens with one attached hydrogen (secondary N) is 1. The third-order valence-electron chi connectivity index (χ3n) is 4.37. The number of hydrogen-bond donors (Lipinski definition) is 1. The third-order valence-corrected chi connectivity index (χ3v) is 5.50. The summed E-state index contributed by atoms with van der Waals surface area (Å²) in [5.74, 6) is 0.432. The summed E-state index contributed by atoms with van der Waals surface area (Å²) in [4.78, 5) is 9.16. The molecule has 0 aliphatic carbocycles. The summed E-state index contributed by atoms with van der Waals surface area (Å²) in [7, 11) is -3.22. The van der Waals surface area contributed by atoms with Crippen LogP contribution in [0.4, 0.5) is 11.6 Å². The first-order chi connectivity index (χ1) is 13.5. The van der Waals surface area contributed by atoms with Crippen LogP contribution in [0.2, 0.25) is 0 Å². The van der Waals surface area contributed by atoms with Gasteiger partial charge in [0.1, 0.15) is 0 Å². The number of anilines is 2. The van der Waals surface area contributed by atoms with Crippen molar-refractivity contribution in [3.63, 3.8) is 0 Å². The van der Waals surface area contributed by atoms with Gasteiger partial charge in [-0.3, -0.25) is 0 Å². The molecule has 0 unspecified atom stereocenters. The molecular weight excluding hydrogens is 374 g/mol. The van der Waals surface area contributed by atoms with Crippen LogP contribution in [0.5, 0.6) is 0 Å². The van der Waals surface area contributed by atoms with Crippen molar-refractivity contribution < 1.29 is 8.42 Å². The van der Waals surface area contributed by atoms with Crippen molar-refractivity contribution >= 4 is 32.5 Å². The quantitative estimate of drug-likeness (QED) is 0.541. The van der Waals surface area contributed by atoms with E-state index in [1.165, 1.54) is 11.8 Å². The first-order valence-corrected chi connectivity index (χ1v) is 10.7. The summed E-state index contributed by atoms with van der Waals surface area (Å²) < 4.78 is 25.0. The van der Waals surface area contributed by atoms with Crippen molar-refractivity contribution in [3.8, 4) is 0 Å². The number of benzene rings is 2. The highest BCUT2D eigenvalue weighted by Crippen LogP contribution is 2.19. The molecule has 0 radical (unpaired) electrons. The molecule has 0 saturated carbocycles. The maximum Gasteiger partial charge on any atom is 0.229 e. The van der Waals surface area contributed by atoms with Crippen LogP contribution >= 0.6 is 0 Å². The van der Waals surface area contributed by atoms with Gasteiger partial charge in [-0.05, 0) is 36.2 Å². The molecule has 0 aliphatic rings. The fraction of sp³-hybridized carbons (Fsp3) is 0.150. The van der Waals surface area contributed by atoms with Crippen molar-refractivity contribution in [3.05, 3.63) is 72.6 Å². The molecule has 4 aromatic rings. The number of nitrogens with zero attached hydrogens (tertiary/aromatic N) is 4. The second kappa shape index (κ2) is 7.40. The van der Waals surface area contributed by atoms with E-state index < -0.39 is 9.84 Å². The lowest BCUT2D eigenvalue weighted by Gasteiger charge is -2.07. The zero-order chi connectivity index (χ0) is 19.6. The van der Waals surface area contributed by atoms with Crippen LogP contribution in [-0.2, 0) is 22.8 Å². The van der Waals surface area contributed by atoms with Gasteiger partial charge >= 0.3 is 0 Å². The molecule has 7 nitrogen and oxygen atoms in total. The molecule has 2 aromatic carbocycles. The Labute approximate surface area is 163 Å². The van der Waals surface area contributed by atoms with Gasteiger partial charge in [0.25, 0.3) is 0 Å². The van der Waals surface area contributed by atoms with Gasteiger partial charge in [0.15, 0.2) is 15.5 Å². The number of sulfone groups is 1. The van der Waals surface area contributed by atoms with E-state index in [9.17, 15) is 8.42 Å². The summed E-state index contributed by atoms with van der Waals surface area (Å²) in [5.41, 5.74) is 2.70. The first-order valence-electron chi connectivity index (χ1n) is 8.79. The molecule has 2 heterocycles. The van der Waals surface area contributed by atoms with Gasteiger partial charge in [-0.25, -0.2) is 18.1 Å². The lowest BCUT2D eigenvalue weighted by atomic mass is 10.1. The first kappa shape index (κ1) is 18.1. The standard InChI is InChI=1S/C20H19N5O2S/c1-28(26,27)18-9-7-17(8-10-18)23-20-21-13-16-14-22-25(19(16)24-20)12-11-15-5-3-2-4-6-15/h2-10,13-14H,11-12H2,1H3,(H,21,23,24). The van der Waals surface area contributed by atoms with Crippen LogP contribution in [0.25, 0.3) is 11.0 Å². The lowest BCUT2D eigenvalue weighted by Crippen LogP contribution is -2.05. The van der Waals surface area contributed by atoms with Crippen molar-refractivity contribution in [2.75, 3.05) is 11.6 Å². The van der Waals surface area contributed by atoms with Crippen molar-refractivity contribution in [1.29, 1.82) is 0 Å². The van der Waals surface area contributed by atoms with Gasteiger partial charge < -0.3 is 5.32 Å². The molecule has 1 N–H and O–H groups in total. The molecule has 0 fully saturated rings. The molecule has 0 spiro atoms. The van der Waals surface area contributed by atoms with Gasteiger partial charge in [-0.15, -0.1) is 0 Å². The topological polar surface area (TPSA) is 89.8 Å². The van der Waals surface area contributed by atoms with E-state index in [-0.39, 0.29) is 4.90 Å². The monoisotopic (exact) mass is 393 g/mol. The maximum absolute atomic E-state index is 11.6. The molecule has 28 heavy (non-hydrogen) atoms. The van der Waals surface area contributed by atoms with E-state index >= 15 is 0 Å². The predicted molar refractivity (Wildman–Crippen MR) is 108 cm³/mol. The number of rotatable bonds is 6. The van der Waals surface area contributed by atoms with Crippen LogP contribution in [-0.4, -0.2) is 34.4 Å². The summed E-state index contributed by atoms with van der Waals surface area (Å²) in [5, 5.41) is 8.39. The lowest BCUT2D eigenvalue weighted by molar-refractivity contribution is 0.602. The van der Waals surface area contributed by atoms with Crippen molar-refractivity contribution in [2.45, 2.75) is 17.9 Å². The fourth-order valence-electron chi connectivity index (χ4n) is 2.88. The van der Waals surface area contributed by atoms with Gasteiger partial charge in [0, 0.05) is 24.7 Å². The van der Waals surface area contributed by atoms with Gasteiger partial charge in [0.05, 0.1) is 16.5 Å². The Hall–Kier alpha value is -3.26. The largest absolute Gasteiger partial charge is 0.324 e. The molecule has 2 aromatic heterocycles. The second-order valence-electron chi connectivity index (χ2n) is 6.50. The van der Waals surface area contributed by atoms with Crippen LogP contribution in [0.3, 0.4) is 0 Å². The number of aryl methyl sites for hydroxylation is 2. The second-order valence-corrected chi connectivity index (χ2v) is 8.51. The van der Waals surface area contributed by atoms with Crippen LogP contribution in [0, 0.1) is 0 Å². The Morgan fingerprint density at radius 1 is 1.00 bits per heavy atom. The van der Waals surface area contributed by atoms with E-state index in [0.29, 0.717) is 18.2 Å². The average molecular weight is 393 g/mol. The molecule has 0 amide bonds. The summed E-state index contributed by atoms with van der Waals surface area (Å²) in [6, 6.07) is 16.7. The van der Waals surface area contributed by atoms with E-state index in [2.05, 4.69) is 32.5 Å². The highest BCUT2D eigenvalue weighted by molar-refractivity contribution is 7.90. The fourth-order valence-corrected chi connectivity index (χ4v) is 3.52. The highest BCUT2D eigenvalue weighted by Gasteiger charge is 2.09. The predicted octanol–water partition coefficient (Wildman–Crippen LogP) is 3.22. The minimum atomic E-state index is -3.22. The Morgan fingerprint density at radius 2 is 1.75 bits per heavy atom. The van der Waals surface area contributed by atoms with Gasteiger partial charge in [-0.1, -0.05) is 30.3 Å². The Kier molecular flexibility index (Phi) is 4.79. The molecule has 0 atom stereocenters. The Morgan fingerprint density at radius 3 is 2.46 bits per heavy atom. The third kappa shape index (κ3) is 4.01. The minimum Gasteiger partial charge on any atom is -0.324 e. The van der Waals surface area contributed by atoms with E-state index in [0.717, 1.165) is 17.5 Å². The Bertz CT molecular complexity index is 1200. The van der Waals surface area contributed by atoms with Crippen molar-refractivity contribution in [1.82, 2.24) is 19.7 Å². The Balaban J connectivity index is 1.54. The summed E-state index contributed by atoms with van der Waals surface area (Å²) in [6.07, 6.45) is 5.52. The normalized spacial score (nSPS) is 11.6. The molecule has 8 heteroatoms. The molecule has 0 saturated heterocycles. The van der Waals surface area contributed by atoms with Crippen LogP contribution in [0.15, 0.2) is 71.9 Å². The molecule has 142 valence electrons. The minimum absolute atomic E-state index is 0.272. The van der Waals surface area contributed by atoms with Crippen LogP contribution in [0.1, 0.15) is 5.56 Å². The molecular formula is C20H19N5O2S. The molecule has 0 aliphatic heterocycles. The zero-order valence-corrected chi connectivity index (χ0v) is 16.1. The summed E-state index contributed by atoms with van der Waals surface area (Å²) in [6.45, 7) is 0.715. The number of aromatic nitrogens is 4. The van der Waals surface area contributed by atoms with Gasteiger partial charge in [-0.2, -0.15) is 10.1 Å². The molecule has 0 bridgehead atoms. The van der Waals surface area contributed by atoms with E-state index in [1.807, 2.05) is 22.9 Å². The average Bonchev–Trinajstić information content (AvgIpc) is 3.09. The maximum atomic E-state index is 11.6. The smallest absolute Gasteiger partial charge is 0.229 e.